The Morgan fingerprint density at radius 1 is 1.08 bits per heavy atom. The molecule has 4 N–H and O–H groups in total. The van der Waals surface area contributed by atoms with Crippen molar-refractivity contribution in [2.75, 3.05) is 13.2 Å². The summed E-state index contributed by atoms with van der Waals surface area (Å²) in [6, 6.07) is 4.64. The number of amides is 1. The highest BCUT2D eigenvalue weighted by molar-refractivity contribution is 5.96. The van der Waals surface area contributed by atoms with Gasteiger partial charge in [-0.25, -0.2) is 0 Å². The second-order valence-electron chi connectivity index (χ2n) is 11.9. The average Bonchev–Trinajstić information content (AvgIpc) is 3.16. The summed E-state index contributed by atoms with van der Waals surface area (Å²) in [5.41, 5.74) is 3.55. The number of carbonyl (C=O) groups is 1. The van der Waals surface area contributed by atoms with Crippen LogP contribution in [0.1, 0.15) is 70.8 Å². The molecule has 0 radical (unpaired) electrons. The molecule has 0 unspecified atom stereocenters. The van der Waals surface area contributed by atoms with Crippen molar-refractivity contribution >= 4 is 11.6 Å². The normalized spacial score (nSPS) is 36.4. The van der Waals surface area contributed by atoms with E-state index in [1.807, 2.05) is 0 Å². The molecule has 0 heterocycles. The van der Waals surface area contributed by atoms with Crippen molar-refractivity contribution in [1.29, 1.82) is 0 Å². The summed E-state index contributed by atoms with van der Waals surface area (Å²) < 4.78 is 0. The van der Waals surface area contributed by atoms with Gasteiger partial charge in [0.15, 0.2) is 18.1 Å². The first kappa shape index (κ1) is 25.1. The highest BCUT2D eigenvalue weighted by atomic mass is 16.6. The Morgan fingerprint density at radius 3 is 2.72 bits per heavy atom. The molecule has 7 heteroatoms. The Kier molecular flexibility index (Phi) is 6.79. The van der Waals surface area contributed by atoms with Crippen molar-refractivity contribution in [3.8, 4) is 11.5 Å². The van der Waals surface area contributed by atoms with E-state index in [1.165, 1.54) is 37.0 Å². The highest BCUT2D eigenvalue weighted by Gasteiger charge is 2.58. The van der Waals surface area contributed by atoms with Gasteiger partial charge < -0.3 is 25.5 Å². The molecule has 0 spiro atoms. The largest absolute Gasteiger partial charge is 0.504 e. The van der Waals surface area contributed by atoms with Gasteiger partial charge in [-0.15, -0.1) is 0 Å². The smallest absolute Gasteiger partial charge is 0.260 e. The maximum Gasteiger partial charge on any atom is 0.260 e. The molecule has 36 heavy (non-hydrogen) atoms. The molecule has 7 nitrogen and oxygen atoms in total. The molecule has 5 rings (SSSR count). The number of fused-ring (bicyclic) bond motifs is 5. The van der Waals surface area contributed by atoms with Crippen LogP contribution in [0, 0.1) is 28.6 Å². The number of aliphatic hydroxyl groups is 1. The fraction of sp³-hybridized carbons (Fsp3) is 0.655. The van der Waals surface area contributed by atoms with Crippen molar-refractivity contribution < 1.29 is 25.0 Å². The molecule has 1 amide bonds. The van der Waals surface area contributed by atoms with Crippen LogP contribution < -0.4 is 5.32 Å². The standard InChI is InChI=1S/C29H40N2O5/c1-28-12-9-20(31-36-17-27(35)30-14-11-18-3-7-24(32)25(33)15-18)16-19(28)4-5-21-22-6-8-26(34)29(22,2)13-10-23(21)28/h3,7,15-16,21-23,26,32-34H,4-6,8-14,17H2,1-2H3,(H,30,35)/t21-,22+,23-,26-,28+,29+/m1/s1. The number of rotatable bonds is 6. The number of hydrogen-bond acceptors (Lipinski definition) is 6. The van der Waals surface area contributed by atoms with E-state index < -0.39 is 0 Å². The van der Waals surface area contributed by atoms with Crippen molar-refractivity contribution in [2.45, 2.75) is 77.7 Å². The van der Waals surface area contributed by atoms with Gasteiger partial charge in [-0.1, -0.05) is 30.6 Å². The van der Waals surface area contributed by atoms with Crippen molar-refractivity contribution in [3.63, 3.8) is 0 Å². The second kappa shape index (κ2) is 9.73. The first-order valence-corrected chi connectivity index (χ1v) is 13.6. The molecule has 4 aliphatic carbocycles. The molecule has 0 saturated heterocycles. The molecular weight excluding hydrogens is 456 g/mol. The number of allylic oxidation sites excluding steroid dienone is 2. The molecular formula is C29H40N2O5. The lowest BCUT2D eigenvalue weighted by atomic mass is 9.47. The zero-order valence-electron chi connectivity index (χ0n) is 21.5. The minimum atomic E-state index is -0.236. The van der Waals surface area contributed by atoms with E-state index in [0.717, 1.165) is 43.4 Å². The van der Waals surface area contributed by atoms with Gasteiger partial charge in [-0.2, -0.15) is 0 Å². The minimum Gasteiger partial charge on any atom is -0.504 e. The molecule has 0 aromatic heterocycles. The summed E-state index contributed by atoms with van der Waals surface area (Å²) in [5, 5.41) is 36.7. The molecule has 1 aromatic carbocycles. The fourth-order valence-corrected chi connectivity index (χ4v) is 7.91. The van der Waals surface area contributed by atoms with Crippen LogP contribution >= 0.6 is 0 Å². The molecule has 4 aliphatic rings. The number of aromatic hydroxyl groups is 2. The predicted octanol–water partition coefficient (Wildman–Crippen LogP) is 4.45. The quantitative estimate of drug-likeness (QED) is 0.343. The van der Waals surface area contributed by atoms with E-state index in [0.29, 0.717) is 30.7 Å². The predicted molar refractivity (Wildman–Crippen MR) is 138 cm³/mol. The zero-order chi connectivity index (χ0) is 25.5. The van der Waals surface area contributed by atoms with Crippen molar-refractivity contribution in [2.24, 2.45) is 33.7 Å². The number of phenols is 2. The van der Waals surface area contributed by atoms with Crippen LogP contribution in [-0.2, 0) is 16.1 Å². The summed E-state index contributed by atoms with van der Waals surface area (Å²) in [7, 11) is 0. The maximum absolute atomic E-state index is 12.1. The van der Waals surface area contributed by atoms with Gasteiger partial charge in [0.1, 0.15) is 0 Å². The Hall–Kier alpha value is -2.54. The third-order valence-corrected chi connectivity index (χ3v) is 10.1. The molecule has 3 saturated carbocycles. The third kappa shape index (κ3) is 4.51. The van der Waals surface area contributed by atoms with Crippen molar-refractivity contribution in [1.82, 2.24) is 5.32 Å². The van der Waals surface area contributed by atoms with Gasteiger partial charge in [0.2, 0.25) is 0 Å². The number of nitrogens with zero attached hydrogens (tertiary/aromatic N) is 1. The summed E-state index contributed by atoms with van der Waals surface area (Å²) in [5.74, 6) is 1.50. The first-order chi connectivity index (χ1) is 17.2. The SMILES string of the molecule is C[C@]12CC[C@@H]3[C@H](CCC4=CC(=NOCC(=O)NCCc5ccc(O)c(O)c5)CC[C@@]43C)[C@@H]1CC[C@H]2O. The topological polar surface area (TPSA) is 111 Å². The zero-order valence-corrected chi connectivity index (χ0v) is 21.5. The van der Waals surface area contributed by atoms with E-state index >= 15 is 0 Å². The minimum absolute atomic E-state index is 0.111. The Labute approximate surface area is 213 Å². The number of hydrogen-bond donors (Lipinski definition) is 4. The number of benzene rings is 1. The maximum atomic E-state index is 12.1. The lowest BCUT2D eigenvalue weighted by Crippen LogP contribution is -2.51. The van der Waals surface area contributed by atoms with Crippen LogP contribution in [0.15, 0.2) is 35.0 Å². The Bertz CT molecular complexity index is 1070. The molecule has 0 aliphatic heterocycles. The second-order valence-corrected chi connectivity index (χ2v) is 11.9. The van der Waals surface area contributed by atoms with E-state index in [2.05, 4.69) is 30.4 Å². The van der Waals surface area contributed by atoms with E-state index in [-0.39, 0.29) is 40.9 Å². The van der Waals surface area contributed by atoms with Crippen LogP contribution in [-0.4, -0.2) is 46.2 Å². The van der Waals surface area contributed by atoms with Crippen molar-refractivity contribution in [3.05, 3.63) is 35.4 Å². The summed E-state index contributed by atoms with van der Waals surface area (Å²) in [6.45, 7) is 5.06. The summed E-state index contributed by atoms with van der Waals surface area (Å²) in [4.78, 5) is 17.5. The lowest BCUT2D eigenvalue weighted by Gasteiger charge is -2.57. The fourth-order valence-electron chi connectivity index (χ4n) is 7.91. The average molecular weight is 497 g/mol. The van der Waals surface area contributed by atoms with Crippen LogP contribution in [0.2, 0.25) is 0 Å². The summed E-state index contributed by atoms with van der Waals surface area (Å²) in [6.07, 6.45) is 11.3. The van der Waals surface area contributed by atoms with E-state index in [1.54, 1.807) is 6.07 Å². The molecule has 1 aromatic rings. The van der Waals surface area contributed by atoms with Gasteiger partial charge in [0.25, 0.3) is 5.91 Å². The molecule has 3 fully saturated rings. The highest BCUT2D eigenvalue weighted by Crippen LogP contribution is 2.65. The van der Waals surface area contributed by atoms with E-state index in [9.17, 15) is 20.1 Å². The van der Waals surface area contributed by atoms with Gasteiger partial charge in [-0.3, -0.25) is 4.79 Å². The monoisotopic (exact) mass is 496 g/mol. The number of carbonyl (C=O) groups excluding carboxylic acids is 1. The molecule has 6 atom stereocenters. The van der Waals surface area contributed by atoms with Crippen LogP contribution in [0.25, 0.3) is 0 Å². The number of nitrogens with one attached hydrogen (secondary N) is 1. The lowest BCUT2D eigenvalue weighted by molar-refractivity contribution is -0.125. The molecule has 0 bridgehead atoms. The Balaban J connectivity index is 1.13. The number of oxime groups is 1. The molecule has 196 valence electrons. The number of aliphatic hydroxyl groups excluding tert-OH is 1. The van der Waals surface area contributed by atoms with Gasteiger partial charge in [-0.05, 0) is 110 Å². The van der Waals surface area contributed by atoms with Crippen LogP contribution in [0.3, 0.4) is 0 Å². The first-order valence-electron chi connectivity index (χ1n) is 13.6. The van der Waals surface area contributed by atoms with Crippen LogP contribution in [0.4, 0.5) is 0 Å². The van der Waals surface area contributed by atoms with Crippen LogP contribution in [0.5, 0.6) is 11.5 Å². The van der Waals surface area contributed by atoms with E-state index in [4.69, 9.17) is 4.84 Å². The van der Waals surface area contributed by atoms with Gasteiger partial charge in [0.05, 0.1) is 11.8 Å². The van der Waals surface area contributed by atoms with Gasteiger partial charge in [0, 0.05) is 6.54 Å². The van der Waals surface area contributed by atoms with Gasteiger partial charge >= 0.3 is 0 Å². The Morgan fingerprint density at radius 2 is 1.92 bits per heavy atom. The number of phenolic OH excluding ortho intramolecular Hbond substituents is 2. The summed E-state index contributed by atoms with van der Waals surface area (Å²) >= 11 is 0. The third-order valence-electron chi connectivity index (χ3n) is 10.1.